The summed E-state index contributed by atoms with van der Waals surface area (Å²) >= 11 is 3.70. The lowest BCUT2D eigenvalue weighted by molar-refractivity contribution is 0.989. The first-order valence-electron chi connectivity index (χ1n) is 13.2. The molecule has 0 saturated carbocycles. The van der Waals surface area contributed by atoms with Gasteiger partial charge >= 0.3 is 0 Å². The molecule has 0 unspecified atom stereocenters. The molecular weight excluding hydrogens is 499 g/mol. The molecule has 0 aliphatic carbocycles. The Morgan fingerprint density at radius 1 is 0.579 bits per heavy atom. The maximum atomic E-state index is 3.55. The van der Waals surface area contributed by atoms with Gasteiger partial charge in [0.15, 0.2) is 0 Å². The quantitative estimate of drug-likeness (QED) is 0.203. The van der Waals surface area contributed by atoms with Gasteiger partial charge in [-0.2, -0.15) is 0 Å². The minimum atomic E-state index is 0.133. The molecule has 4 aromatic carbocycles. The van der Waals surface area contributed by atoms with Crippen molar-refractivity contribution in [3.05, 3.63) is 136 Å². The van der Waals surface area contributed by atoms with Crippen molar-refractivity contribution in [1.82, 2.24) is 0 Å². The first-order valence-corrected chi connectivity index (χ1v) is 14.8. The molecule has 0 fully saturated rings. The molecule has 1 nitrogen and oxygen atoms in total. The first-order chi connectivity index (χ1) is 18.6. The molecule has 0 saturated heterocycles. The largest absolute Gasteiger partial charge is 0.385 e. The van der Waals surface area contributed by atoms with Crippen molar-refractivity contribution >= 4 is 39.1 Å². The molecule has 6 rings (SSSR count). The SMILES string of the molecule is CCNc1ccc(C(c2ccc(-c3ccc(C)s3)cc2)c2ccc(-c3ccc(C)s3)cc2)c2ccccc12. The van der Waals surface area contributed by atoms with Crippen LogP contribution in [-0.4, -0.2) is 6.54 Å². The number of anilines is 1. The van der Waals surface area contributed by atoms with E-state index in [0.29, 0.717) is 0 Å². The highest BCUT2D eigenvalue weighted by Crippen LogP contribution is 2.40. The average Bonchev–Trinajstić information content (AvgIpc) is 3.59. The number of hydrogen-bond acceptors (Lipinski definition) is 3. The topological polar surface area (TPSA) is 12.0 Å². The minimum absolute atomic E-state index is 0.133. The van der Waals surface area contributed by atoms with Gasteiger partial charge in [-0.3, -0.25) is 0 Å². The fraction of sp³-hybridized carbons (Fsp3) is 0.143. The molecule has 6 aromatic rings. The van der Waals surface area contributed by atoms with Crippen molar-refractivity contribution in [3.8, 4) is 20.9 Å². The van der Waals surface area contributed by atoms with Crippen LogP contribution in [0.15, 0.2) is 109 Å². The Kier molecular flexibility index (Phi) is 6.88. The van der Waals surface area contributed by atoms with Crippen LogP contribution >= 0.6 is 22.7 Å². The summed E-state index contributed by atoms with van der Waals surface area (Å²) in [6, 6.07) is 40.6. The van der Waals surface area contributed by atoms with Gasteiger partial charge < -0.3 is 5.32 Å². The highest BCUT2D eigenvalue weighted by molar-refractivity contribution is 7.15. The van der Waals surface area contributed by atoms with E-state index in [4.69, 9.17) is 0 Å². The van der Waals surface area contributed by atoms with E-state index in [1.807, 2.05) is 22.7 Å². The number of hydrogen-bond donors (Lipinski definition) is 1. The van der Waals surface area contributed by atoms with Gasteiger partial charge in [0.2, 0.25) is 0 Å². The van der Waals surface area contributed by atoms with Gasteiger partial charge in [-0.15, -0.1) is 22.7 Å². The Balaban J connectivity index is 1.48. The van der Waals surface area contributed by atoms with Crippen molar-refractivity contribution in [2.75, 3.05) is 11.9 Å². The number of rotatable bonds is 7. The Bertz CT molecular complexity index is 1600. The summed E-state index contributed by atoms with van der Waals surface area (Å²) in [6.45, 7) is 7.39. The number of aryl methyl sites for hydroxylation is 2. The standard InChI is InChI=1S/C35H31NS2/c1-4-36-32-20-19-31(29-7-5-6-8-30(29)32)35(27-15-11-25(12-16-27)33-21-9-23(2)37-33)28-17-13-26(14-18-28)34-22-10-24(3)38-34/h5-22,35-36H,4H2,1-3H3. The van der Waals surface area contributed by atoms with Gasteiger partial charge in [-0.05, 0) is 84.3 Å². The highest BCUT2D eigenvalue weighted by atomic mass is 32.1. The zero-order valence-corrected chi connectivity index (χ0v) is 23.6. The van der Waals surface area contributed by atoms with Gasteiger partial charge in [-0.25, -0.2) is 0 Å². The van der Waals surface area contributed by atoms with Crippen LogP contribution in [0.25, 0.3) is 31.7 Å². The summed E-state index contributed by atoms with van der Waals surface area (Å²) in [5.41, 5.74) is 7.70. The third kappa shape index (κ3) is 4.80. The van der Waals surface area contributed by atoms with E-state index >= 15 is 0 Å². The van der Waals surface area contributed by atoms with Crippen LogP contribution in [0.4, 0.5) is 5.69 Å². The molecule has 2 aromatic heterocycles. The van der Waals surface area contributed by atoms with E-state index in [2.05, 4.69) is 135 Å². The molecule has 0 bridgehead atoms. The lowest BCUT2D eigenvalue weighted by atomic mass is 9.82. The monoisotopic (exact) mass is 529 g/mol. The Morgan fingerprint density at radius 3 is 1.58 bits per heavy atom. The van der Waals surface area contributed by atoms with Crippen molar-refractivity contribution in [3.63, 3.8) is 0 Å². The summed E-state index contributed by atoms with van der Waals surface area (Å²) in [7, 11) is 0. The molecule has 3 heteroatoms. The van der Waals surface area contributed by atoms with Crippen LogP contribution in [-0.2, 0) is 0 Å². The minimum Gasteiger partial charge on any atom is -0.385 e. The number of benzene rings is 4. The van der Waals surface area contributed by atoms with E-state index < -0.39 is 0 Å². The lowest BCUT2D eigenvalue weighted by Crippen LogP contribution is -2.06. The summed E-state index contributed by atoms with van der Waals surface area (Å²) in [5, 5.41) is 6.12. The number of fused-ring (bicyclic) bond motifs is 1. The van der Waals surface area contributed by atoms with Crippen LogP contribution in [0, 0.1) is 13.8 Å². The van der Waals surface area contributed by atoms with Crippen LogP contribution in [0.1, 0.15) is 39.3 Å². The summed E-state index contributed by atoms with van der Waals surface area (Å²) in [4.78, 5) is 5.33. The van der Waals surface area contributed by atoms with E-state index in [1.165, 1.54) is 63.8 Å². The third-order valence-electron chi connectivity index (χ3n) is 7.17. The Labute approximate surface area is 233 Å². The molecular formula is C35H31NS2. The van der Waals surface area contributed by atoms with E-state index in [9.17, 15) is 0 Å². The molecule has 1 N–H and O–H groups in total. The van der Waals surface area contributed by atoms with Crippen LogP contribution in [0.3, 0.4) is 0 Å². The molecule has 38 heavy (non-hydrogen) atoms. The van der Waals surface area contributed by atoms with Crippen molar-refractivity contribution < 1.29 is 0 Å². The second kappa shape index (κ2) is 10.6. The summed E-state index contributed by atoms with van der Waals surface area (Å²) in [6.07, 6.45) is 0. The molecule has 0 radical (unpaired) electrons. The van der Waals surface area contributed by atoms with Crippen LogP contribution in [0.5, 0.6) is 0 Å². The second-order valence-electron chi connectivity index (χ2n) is 9.78. The predicted octanol–water partition coefficient (Wildman–Crippen LogP) is 10.5. The fourth-order valence-corrected chi connectivity index (χ4v) is 7.08. The summed E-state index contributed by atoms with van der Waals surface area (Å²) in [5.74, 6) is 0.133. The van der Waals surface area contributed by atoms with Crippen molar-refractivity contribution in [2.24, 2.45) is 0 Å². The average molecular weight is 530 g/mol. The molecule has 0 aliphatic rings. The Hall–Kier alpha value is -3.66. The molecule has 2 heterocycles. The highest BCUT2D eigenvalue weighted by Gasteiger charge is 2.21. The van der Waals surface area contributed by atoms with Gasteiger partial charge in [0.05, 0.1) is 0 Å². The maximum Gasteiger partial charge on any atom is 0.0419 e. The van der Waals surface area contributed by atoms with Crippen molar-refractivity contribution in [2.45, 2.75) is 26.7 Å². The fourth-order valence-electron chi connectivity index (χ4n) is 5.33. The normalized spacial score (nSPS) is 11.4. The van der Waals surface area contributed by atoms with Crippen LogP contribution in [0.2, 0.25) is 0 Å². The smallest absolute Gasteiger partial charge is 0.0419 e. The zero-order valence-electron chi connectivity index (χ0n) is 22.0. The third-order valence-corrected chi connectivity index (χ3v) is 9.27. The zero-order chi connectivity index (χ0) is 26.1. The Morgan fingerprint density at radius 2 is 1.11 bits per heavy atom. The summed E-state index contributed by atoms with van der Waals surface area (Å²) < 4.78 is 0. The number of nitrogens with one attached hydrogen (secondary N) is 1. The lowest BCUT2D eigenvalue weighted by Gasteiger charge is -2.23. The number of thiophene rings is 2. The van der Waals surface area contributed by atoms with Gasteiger partial charge in [0.25, 0.3) is 0 Å². The van der Waals surface area contributed by atoms with E-state index in [1.54, 1.807) is 0 Å². The maximum absolute atomic E-state index is 3.55. The molecule has 0 amide bonds. The second-order valence-corrected chi connectivity index (χ2v) is 12.4. The first kappa shape index (κ1) is 24.7. The molecule has 0 atom stereocenters. The molecule has 0 aliphatic heterocycles. The van der Waals surface area contributed by atoms with Gasteiger partial charge in [0.1, 0.15) is 0 Å². The molecule has 0 spiro atoms. The van der Waals surface area contributed by atoms with E-state index in [-0.39, 0.29) is 5.92 Å². The van der Waals surface area contributed by atoms with E-state index in [0.717, 1.165) is 6.54 Å². The van der Waals surface area contributed by atoms with Gasteiger partial charge in [-0.1, -0.05) is 78.9 Å². The predicted molar refractivity (Wildman–Crippen MR) is 168 cm³/mol. The van der Waals surface area contributed by atoms with Gasteiger partial charge in [0, 0.05) is 43.0 Å². The van der Waals surface area contributed by atoms with Crippen LogP contribution < -0.4 is 5.32 Å². The molecule has 188 valence electrons. The van der Waals surface area contributed by atoms with Crippen molar-refractivity contribution in [1.29, 1.82) is 0 Å².